The number of amides is 1. The highest BCUT2D eigenvalue weighted by Gasteiger charge is 2.24. The third-order valence-corrected chi connectivity index (χ3v) is 5.39. The highest BCUT2D eigenvalue weighted by Crippen LogP contribution is 2.31. The number of hydrogen-bond donors (Lipinski definition) is 1. The van der Waals surface area contributed by atoms with Gasteiger partial charge in [-0.2, -0.15) is 10.2 Å². The van der Waals surface area contributed by atoms with Crippen molar-refractivity contribution in [1.29, 1.82) is 5.26 Å². The second kappa shape index (κ2) is 10.1. The van der Waals surface area contributed by atoms with Crippen molar-refractivity contribution in [3.05, 3.63) is 71.7 Å². The van der Waals surface area contributed by atoms with E-state index in [9.17, 15) is 18.8 Å². The maximum Gasteiger partial charge on any atom is 0.293 e. The predicted octanol–water partition coefficient (Wildman–Crippen LogP) is 3.94. The van der Waals surface area contributed by atoms with Crippen LogP contribution in [0.25, 0.3) is 0 Å². The minimum atomic E-state index is -0.737. The molecule has 0 radical (unpaired) electrons. The van der Waals surface area contributed by atoms with Crippen molar-refractivity contribution in [3.63, 3.8) is 0 Å². The van der Waals surface area contributed by atoms with E-state index in [4.69, 9.17) is 9.47 Å². The summed E-state index contributed by atoms with van der Waals surface area (Å²) in [5.74, 6) is -1.73. The lowest BCUT2D eigenvalue weighted by atomic mass is 10.1. The van der Waals surface area contributed by atoms with Gasteiger partial charge in [0.15, 0.2) is 11.6 Å². The van der Waals surface area contributed by atoms with E-state index in [1.54, 1.807) is 18.2 Å². The van der Waals surface area contributed by atoms with Gasteiger partial charge in [-0.05, 0) is 30.3 Å². The summed E-state index contributed by atoms with van der Waals surface area (Å²) in [6.45, 7) is 1.13. The minimum absolute atomic E-state index is 0.0180. The zero-order valence-electron chi connectivity index (χ0n) is 18.3. The molecule has 1 aliphatic heterocycles. The molecule has 0 aliphatic carbocycles. The Labute approximate surface area is 194 Å². The van der Waals surface area contributed by atoms with Gasteiger partial charge in [-0.25, -0.2) is 13.8 Å². The SMILES string of the molecule is COc1ccnc(C(=O)Nc2cc(C#N)ccc2N2CCC(Oc3ccc(F)cc3F)CC2)n1. The number of carbonyl (C=O) groups excluding carboxylic acids is 1. The average Bonchev–Trinajstić information content (AvgIpc) is 2.86. The molecule has 0 unspecified atom stereocenters. The second-order valence-electron chi connectivity index (χ2n) is 7.60. The van der Waals surface area contributed by atoms with Crippen molar-refractivity contribution in [2.24, 2.45) is 0 Å². The van der Waals surface area contributed by atoms with Crippen molar-refractivity contribution in [1.82, 2.24) is 9.97 Å². The molecule has 10 heteroatoms. The Morgan fingerprint density at radius 2 is 1.97 bits per heavy atom. The maximum atomic E-state index is 13.9. The first kappa shape index (κ1) is 22.9. The quantitative estimate of drug-likeness (QED) is 0.589. The smallest absolute Gasteiger partial charge is 0.293 e. The van der Waals surface area contributed by atoms with Gasteiger partial charge in [0.1, 0.15) is 11.9 Å². The fourth-order valence-electron chi connectivity index (χ4n) is 3.69. The molecule has 1 fully saturated rings. The van der Waals surface area contributed by atoms with E-state index >= 15 is 0 Å². The van der Waals surface area contributed by atoms with Crippen LogP contribution in [0.1, 0.15) is 29.0 Å². The number of aromatic nitrogens is 2. The Morgan fingerprint density at radius 1 is 1.18 bits per heavy atom. The molecule has 1 saturated heterocycles. The fourth-order valence-corrected chi connectivity index (χ4v) is 3.69. The largest absolute Gasteiger partial charge is 0.487 e. The van der Waals surface area contributed by atoms with E-state index in [1.807, 2.05) is 4.90 Å². The van der Waals surface area contributed by atoms with E-state index in [2.05, 4.69) is 21.4 Å². The number of carbonyl (C=O) groups is 1. The summed E-state index contributed by atoms with van der Waals surface area (Å²) >= 11 is 0. The molecule has 2 heterocycles. The summed E-state index contributed by atoms with van der Waals surface area (Å²) < 4.78 is 37.8. The lowest BCUT2D eigenvalue weighted by molar-refractivity contribution is 0.101. The Kier molecular flexibility index (Phi) is 6.82. The predicted molar refractivity (Wildman–Crippen MR) is 120 cm³/mol. The molecule has 1 aliphatic rings. The number of rotatable bonds is 6. The third-order valence-electron chi connectivity index (χ3n) is 5.39. The summed E-state index contributed by atoms with van der Waals surface area (Å²) in [7, 11) is 1.44. The van der Waals surface area contributed by atoms with Crippen LogP contribution in [0.5, 0.6) is 11.6 Å². The molecule has 0 bridgehead atoms. The lowest BCUT2D eigenvalue weighted by Crippen LogP contribution is -2.38. The Bertz CT molecular complexity index is 1240. The normalized spacial score (nSPS) is 13.8. The van der Waals surface area contributed by atoms with E-state index in [0.29, 0.717) is 37.2 Å². The second-order valence-corrected chi connectivity index (χ2v) is 7.60. The number of piperidine rings is 1. The number of methoxy groups -OCH3 is 1. The van der Waals surface area contributed by atoms with Crippen molar-refractivity contribution in [3.8, 4) is 17.7 Å². The van der Waals surface area contributed by atoms with Crippen molar-refractivity contribution < 1.29 is 23.0 Å². The zero-order chi connectivity index (χ0) is 24.1. The average molecular weight is 465 g/mol. The van der Waals surface area contributed by atoms with E-state index in [1.165, 1.54) is 25.4 Å². The van der Waals surface area contributed by atoms with Crippen molar-refractivity contribution in [2.45, 2.75) is 18.9 Å². The number of nitrogens with one attached hydrogen (secondary N) is 1. The monoisotopic (exact) mass is 465 g/mol. The highest BCUT2D eigenvalue weighted by atomic mass is 19.1. The third kappa shape index (κ3) is 5.20. The van der Waals surface area contributed by atoms with Gasteiger partial charge >= 0.3 is 0 Å². The van der Waals surface area contributed by atoms with Gasteiger partial charge in [-0.3, -0.25) is 4.79 Å². The van der Waals surface area contributed by atoms with E-state index in [-0.39, 0.29) is 23.6 Å². The van der Waals surface area contributed by atoms with Gasteiger partial charge in [-0.15, -0.1) is 0 Å². The molecule has 1 N–H and O–H groups in total. The number of anilines is 2. The van der Waals surface area contributed by atoms with Crippen LogP contribution in [0.2, 0.25) is 0 Å². The first-order chi connectivity index (χ1) is 16.5. The molecule has 0 atom stereocenters. The van der Waals surface area contributed by atoms with Crippen LogP contribution in [0.3, 0.4) is 0 Å². The summed E-state index contributed by atoms with van der Waals surface area (Å²) in [5, 5.41) is 12.1. The first-order valence-electron chi connectivity index (χ1n) is 10.6. The van der Waals surface area contributed by atoms with Gasteiger partial charge < -0.3 is 19.7 Å². The zero-order valence-corrected chi connectivity index (χ0v) is 18.3. The molecule has 1 amide bonds. The first-order valence-corrected chi connectivity index (χ1v) is 10.6. The molecule has 0 saturated carbocycles. The Balaban J connectivity index is 1.48. The van der Waals surface area contributed by atoms with Crippen LogP contribution in [-0.2, 0) is 0 Å². The molecule has 4 rings (SSSR count). The molecule has 0 spiro atoms. The molecular formula is C24H21F2N5O3. The van der Waals surface area contributed by atoms with Crippen LogP contribution in [0.15, 0.2) is 48.7 Å². The highest BCUT2D eigenvalue weighted by molar-refractivity contribution is 6.03. The van der Waals surface area contributed by atoms with Gasteiger partial charge in [0.2, 0.25) is 11.7 Å². The molecular weight excluding hydrogens is 444 g/mol. The number of nitriles is 1. The van der Waals surface area contributed by atoms with Crippen molar-refractivity contribution in [2.75, 3.05) is 30.4 Å². The van der Waals surface area contributed by atoms with Gasteiger partial charge in [0, 0.05) is 44.3 Å². The van der Waals surface area contributed by atoms with Crippen LogP contribution in [0, 0.1) is 23.0 Å². The van der Waals surface area contributed by atoms with Gasteiger partial charge in [-0.1, -0.05) is 0 Å². The van der Waals surface area contributed by atoms with Crippen molar-refractivity contribution >= 4 is 17.3 Å². The van der Waals surface area contributed by atoms with Gasteiger partial charge in [0.05, 0.1) is 30.1 Å². The van der Waals surface area contributed by atoms with Crippen LogP contribution in [-0.4, -0.2) is 42.2 Å². The van der Waals surface area contributed by atoms with Gasteiger partial charge in [0.25, 0.3) is 5.91 Å². The Morgan fingerprint density at radius 3 is 2.68 bits per heavy atom. The van der Waals surface area contributed by atoms with E-state index < -0.39 is 17.5 Å². The standard InChI is InChI=1S/C24H21F2N5O3/c1-33-22-6-9-28-23(30-22)24(32)29-19-12-15(14-27)2-4-20(19)31-10-7-17(8-11-31)34-21-5-3-16(25)13-18(21)26/h2-6,9,12-13,17H,7-8,10-11H2,1H3,(H,29,32). The molecule has 34 heavy (non-hydrogen) atoms. The minimum Gasteiger partial charge on any atom is -0.487 e. The number of benzene rings is 2. The molecule has 1 aromatic heterocycles. The van der Waals surface area contributed by atoms with Crippen LogP contribution >= 0.6 is 0 Å². The maximum absolute atomic E-state index is 13.9. The summed E-state index contributed by atoms with van der Waals surface area (Å²) in [6.07, 6.45) is 2.35. The van der Waals surface area contributed by atoms with E-state index in [0.717, 1.165) is 17.8 Å². The summed E-state index contributed by atoms with van der Waals surface area (Å²) in [5.41, 5.74) is 1.55. The number of hydrogen-bond acceptors (Lipinski definition) is 7. The molecule has 8 nitrogen and oxygen atoms in total. The summed E-state index contributed by atoms with van der Waals surface area (Å²) in [4.78, 5) is 22.8. The molecule has 2 aromatic carbocycles. The number of nitrogens with zero attached hydrogens (tertiary/aromatic N) is 4. The van der Waals surface area contributed by atoms with Crippen LogP contribution in [0.4, 0.5) is 20.2 Å². The number of halogens is 2. The molecule has 174 valence electrons. The van der Waals surface area contributed by atoms with Crippen LogP contribution < -0.4 is 19.7 Å². The molecule has 3 aromatic rings. The fraction of sp³-hybridized carbons (Fsp3) is 0.250. The summed E-state index contributed by atoms with van der Waals surface area (Å²) in [6, 6.07) is 11.9. The number of ether oxygens (including phenoxy) is 2. The Hall–Kier alpha value is -4.26. The lowest BCUT2D eigenvalue weighted by Gasteiger charge is -2.34. The topological polar surface area (TPSA) is 100 Å².